The number of phenols is 1. The van der Waals surface area contributed by atoms with Crippen LogP contribution in [0.2, 0.25) is 0 Å². The number of hydrogen-bond donors (Lipinski definition) is 1. The highest BCUT2D eigenvalue weighted by Crippen LogP contribution is 2.42. The zero-order valence-corrected chi connectivity index (χ0v) is 13.9. The average Bonchev–Trinajstić information content (AvgIpc) is 2.96. The van der Waals surface area contributed by atoms with Crippen molar-refractivity contribution in [3.05, 3.63) is 89.6 Å². The number of hydrogen-bond acceptors (Lipinski definition) is 1. The summed E-state index contributed by atoms with van der Waals surface area (Å²) >= 11 is 0. The van der Waals surface area contributed by atoms with Gasteiger partial charge in [0.2, 0.25) is 0 Å². The van der Waals surface area contributed by atoms with Crippen molar-refractivity contribution < 1.29 is 5.11 Å². The number of rotatable bonds is 2. The Morgan fingerprint density at radius 3 is 2.52 bits per heavy atom. The fourth-order valence-corrected chi connectivity index (χ4v) is 4.14. The molecule has 5 rings (SSSR count). The zero-order valence-electron chi connectivity index (χ0n) is 13.9. The van der Waals surface area contributed by atoms with Crippen molar-refractivity contribution in [3.63, 3.8) is 0 Å². The second-order valence-electron chi connectivity index (χ2n) is 6.75. The van der Waals surface area contributed by atoms with Crippen LogP contribution in [0.1, 0.15) is 16.8 Å². The maximum Gasteiger partial charge on any atom is 0.116 e. The van der Waals surface area contributed by atoms with E-state index in [1.165, 1.54) is 33.5 Å². The Labute approximate surface area is 147 Å². The van der Waals surface area contributed by atoms with Crippen molar-refractivity contribution in [2.75, 3.05) is 0 Å². The van der Waals surface area contributed by atoms with E-state index in [2.05, 4.69) is 65.2 Å². The Morgan fingerprint density at radius 2 is 1.64 bits per heavy atom. The molecular weight excluding hydrogens is 306 g/mol. The Hall–Kier alpha value is -3.00. The van der Waals surface area contributed by atoms with Crippen molar-refractivity contribution in [1.29, 1.82) is 0 Å². The van der Waals surface area contributed by atoms with Gasteiger partial charge in [0, 0.05) is 28.7 Å². The predicted molar refractivity (Wildman–Crippen MR) is 102 cm³/mol. The Morgan fingerprint density at radius 1 is 0.840 bits per heavy atom. The van der Waals surface area contributed by atoms with Crippen LogP contribution in [0.3, 0.4) is 0 Å². The molecule has 2 nitrogen and oxygen atoms in total. The Kier molecular flexibility index (Phi) is 3.17. The summed E-state index contributed by atoms with van der Waals surface area (Å²) in [5, 5.41) is 11.2. The normalized spacial score (nSPS) is 12.8. The second kappa shape index (κ2) is 5.52. The Balaban J connectivity index is 1.80. The smallest absolute Gasteiger partial charge is 0.116 e. The summed E-state index contributed by atoms with van der Waals surface area (Å²) in [5.74, 6) is 0.329. The molecule has 0 radical (unpaired) electrons. The number of benzene rings is 3. The highest BCUT2D eigenvalue weighted by atomic mass is 16.3. The molecule has 0 saturated carbocycles. The first-order valence-electron chi connectivity index (χ1n) is 8.77. The largest absolute Gasteiger partial charge is 0.508 e. The predicted octanol–water partition coefficient (Wildman–Crippen LogP) is 5.16. The highest BCUT2D eigenvalue weighted by molar-refractivity contribution is 6.00. The molecule has 1 heterocycles. The van der Waals surface area contributed by atoms with Crippen LogP contribution in [0.25, 0.3) is 22.0 Å². The third-order valence-electron chi connectivity index (χ3n) is 5.26. The summed E-state index contributed by atoms with van der Waals surface area (Å²) in [5.41, 5.74) is 7.88. The molecule has 4 aromatic rings. The molecule has 0 saturated heterocycles. The van der Waals surface area contributed by atoms with Crippen molar-refractivity contribution in [3.8, 4) is 16.9 Å². The number of aromatic nitrogens is 1. The summed E-state index contributed by atoms with van der Waals surface area (Å²) < 4.78 is 2.43. The van der Waals surface area contributed by atoms with Crippen LogP contribution in [-0.2, 0) is 19.4 Å². The molecule has 2 heteroatoms. The molecule has 0 amide bonds. The highest BCUT2D eigenvalue weighted by Gasteiger charge is 2.24. The van der Waals surface area contributed by atoms with Gasteiger partial charge in [-0.25, -0.2) is 0 Å². The van der Waals surface area contributed by atoms with Gasteiger partial charge in [-0.2, -0.15) is 0 Å². The third-order valence-corrected chi connectivity index (χ3v) is 5.26. The number of phenolic OH excluding ortho intramolecular Hbond substituents is 1. The standard InChI is InChI=1S/C23H19NO/c25-18-11-13-21-20(14-18)23-19-9-5-4-8-17(19)10-12-22(23)24(21)15-16-6-2-1-3-7-16/h1-9,11,13-14,25H,10,12,15H2. The van der Waals surface area contributed by atoms with E-state index in [1.54, 1.807) is 6.07 Å². The minimum absolute atomic E-state index is 0.329. The first kappa shape index (κ1) is 14.4. The van der Waals surface area contributed by atoms with E-state index in [0.29, 0.717) is 5.75 Å². The molecule has 0 spiro atoms. The van der Waals surface area contributed by atoms with Gasteiger partial charge < -0.3 is 9.67 Å². The molecule has 1 N–H and O–H groups in total. The number of aryl methyl sites for hydroxylation is 1. The molecule has 0 fully saturated rings. The van der Waals surface area contributed by atoms with E-state index in [-0.39, 0.29) is 0 Å². The van der Waals surface area contributed by atoms with Gasteiger partial charge in [0.25, 0.3) is 0 Å². The third kappa shape index (κ3) is 2.25. The van der Waals surface area contributed by atoms with Crippen LogP contribution in [0.15, 0.2) is 72.8 Å². The SMILES string of the molecule is Oc1ccc2c(c1)c1c(n2Cc2ccccc2)CCc2ccccc2-1. The van der Waals surface area contributed by atoms with Crippen LogP contribution in [0.5, 0.6) is 5.75 Å². The summed E-state index contributed by atoms with van der Waals surface area (Å²) in [7, 11) is 0. The number of aromatic hydroxyl groups is 1. The Bertz CT molecular complexity index is 1080. The van der Waals surface area contributed by atoms with Crippen LogP contribution in [-0.4, -0.2) is 9.67 Å². The number of fused-ring (bicyclic) bond motifs is 5. The lowest BCUT2D eigenvalue weighted by atomic mass is 9.88. The molecule has 1 aliphatic rings. The van der Waals surface area contributed by atoms with Crippen LogP contribution < -0.4 is 0 Å². The molecule has 1 aliphatic carbocycles. The molecular formula is C23H19NO. The first-order valence-corrected chi connectivity index (χ1v) is 8.77. The van der Waals surface area contributed by atoms with Crippen molar-refractivity contribution >= 4 is 10.9 Å². The monoisotopic (exact) mass is 325 g/mol. The van der Waals surface area contributed by atoms with E-state index in [0.717, 1.165) is 24.8 Å². The van der Waals surface area contributed by atoms with Crippen LogP contribution in [0, 0.1) is 0 Å². The van der Waals surface area contributed by atoms with Gasteiger partial charge in [-0.1, -0.05) is 54.6 Å². The number of nitrogens with zero attached hydrogens (tertiary/aromatic N) is 1. The van der Waals surface area contributed by atoms with Gasteiger partial charge in [-0.15, -0.1) is 0 Å². The summed E-state index contributed by atoms with van der Waals surface area (Å²) in [6.07, 6.45) is 2.11. The molecule has 0 unspecified atom stereocenters. The van der Waals surface area contributed by atoms with E-state index in [4.69, 9.17) is 0 Å². The van der Waals surface area contributed by atoms with E-state index < -0.39 is 0 Å². The quantitative estimate of drug-likeness (QED) is 0.541. The lowest BCUT2D eigenvalue weighted by molar-refractivity contribution is 0.476. The average molecular weight is 325 g/mol. The molecule has 0 atom stereocenters. The van der Waals surface area contributed by atoms with Gasteiger partial charge in [-0.05, 0) is 47.7 Å². The molecule has 25 heavy (non-hydrogen) atoms. The van der Waals surface area contributed by atoms with E-state index in [1.807, 2.05) is 6.07 Å². The summed E-state index contributed by atoms with van der Waals surface area (Å²) in [4.78, 5) is 0. The van der Waals surface area contributed by atoms with Crippen molar-refractivity contribution in [1.82, 2.24) is 4.57 Å². The van der Waals surface area contributed by atoms with E-state index >= 15 is 0 Å². The molecule has 0 aliphatic heterocycles. The van der Waals surface area contributed by atoms with Gasteiger partial charge in [0.1, 0.15) is 5.75 Å². The molecule has 1 aromatic heterocycles. The van der Waals surface area contributed by atoms with Crippen molar-refractivity contribution in [2.45, 2.75) is 19.4 Å². The molecule has 122 valence electrons. The fraction of sp³-hybridized carbons (Fsp3) is 0.130. The fourth-order valence-electron chi connectivity index (χ4n) is 4.14. The lowest BCUT2D eigenvalue weighted by Crippen LogP contribution is -2.10. The minimum Gasteiger partial charge on any atom is -0.508 e. The van der Waals surface area contributed by atoms with Crippen LogP contribution in [0.4, 0.5) is 0 Å². The summed E-state index contributed by atoms with van der Waals surface area (Å²) in [6, 6.07) is 25.0. The van der Waals surface area contributed by atoms with Gasteiger partial charge in [0.05, 0.1) is 0 Å². The maximum atomic E-state index is 10.1. The van der Waals surface area contributed by atoms with Crippen LogP contribution >= 0.6 is 0 Å². The van der Waals surface area contributed by atoms with Gasteiger partial charge >= 0.3 is 0 Å². The second-order valence-corrected chi connectivity index (χ2v) is 6.75. The van der Waals surface area contributed by atoms with E-state index in [9.17, 15) is 5.11 Å². The zero-order chi connectivity index (χ0) is 16.8. The minimum atomic E-state index is 0.329. The van der Waals surface area contributed by atoms with Crippen molar-refractivity contribution in [2.24, 2.45) is 0 Å². The lowest BCUT2D eigenvalue weighted by Gasteiger charge is -2.19. The molecule has 3 aromatic carbocycles. The van der Waals surface area contributed by atoms with Gasteiger partial charge in [-0.3, -0.25) is 0 Å². The topological polar surface area (TPSA) is 25.2 Å². The molecule has 0 bridgehead atoms. The first-order chi connectivity index (χ1) is 12.3. The van der Waals surface area contributed by atoms with Gasteiger partial charge in [0.15, 0.2) is 0 Å². The maximum absolute atomic E-state index is 10.1. The summed E-state index contributed by atoms with van der Waals surface area (Å²) in [6.45, 7) is 0.861.